The van der Waals surface area contributed by atoms with Crippen LogP contribution in [0.1, 0.15) is 25.7 Å². The highest BCUT2D eigenvalue weighted by Gasteiger charge is 2.14. The monoisotopic (exact) mass is 350 g/mol. The van der Waals surface area contributed by atoms with Crippen molar-refractivity contribution in [1.82, 2.24) is 10.3 Å². The molecule has 0 aliphatic rings. The minimum atomic E-state index is -0.361. The number of halogens is 1. The number of carbonyl (C=O) groups is 2. The van der Waals surface area contributed by atoms with Gasteiger partial charge in [-0.2, -0.15) is 0 Å². The molecule has 0 radical (unpaired) electrons. The van der Waals surface area contributed by atoms with Gasteiger partial charge in [0.25, 0.3) is 0 Å². The SMILES string of the molecule is COC(=O)CC(C)NC(=O)CCc1ncc(-c2ccccc2Cl)o1. The molecule has 1 heterocycles. The summed E-state index contributed by atoms with van der Waals surface area (Å²) < 4.78 is 10.2. The molecule has 6 nitrogen and oxygen atoms in total. The van der Waals surface area contributed by atoms with E-state index in [1.54, 1.807) is 19.2 Å². The van der Waals surface area contributed by atoms with Crippen molar-refractivity contribution in [2.75, 3.05) is 7.11 Å². The van der Waals surface area contributed by atoms with Crippen molar-refractivity contribution in [3.05, 3.63) is 41.4 Å². The first-order valence-electron chi connectivity index (χ1n) is 7.55. The zero-order valence-electron chi connectivity index (χ0n) is 13.5. The molecule has 1 atom stereocenters. The van der Waals surface area contributed by atoms with Gasteiger partial charge in [-0.05, 0) is 19.1 Å². The number of nitrogens with zero attached hydrogens (tertiary/aromatic N) is 1. The zero-order chi connectivity index (χ0) is 17.5. The third kappa shape index (κ3) is 5.09. The average molecular weight is 351 g/mol. The lowest BCUT2D eigenvalue weighted by Crippen LogP contribution is -2.34. The van der Waals surface area contributed by atoms with Crippen LogP contribution in [0, 0.1) is 0 Å². The number of amides is 1. The fraction of sp³-hybridized carbons (Fsp3) is 0.353. The number of methoxy groups -OCH3 is 1. The molecule has 0 saturated heterocycles. The van der Waals surface area contributed by atoms with Crippen LogP contribution in [0.15, 0.2) is 34.9 Å². The van der Waals surface area contributed by atoms with Gasteiger partial charge < -0.3 is 14.5 Å². The minimum Gasteiger partial charge on any atom is -0.469 e. The first-order valence-corrected chi connectivity index (χ1v) is 7.93. The van der Waals surface area contributed by atoms with Crippen LogP contribution in [0.5, 0.6) is 0 Å². The van der Waals surface area contributed by atoms with E-state index in [9.17, 15) is 9.59 Å². The van der Waals surface area contributed by atoms with Crippen LogP contribution in [0.3, 0.4) is 0 Å². The summed E-state index contributed by atoms with van der Waals surface area (Å²) in [6, 6.07) is 7.03. The van der Waals surface area contributed by atoms with Crippen LogP contribution in [-0.2, 0) is 20.7 Å². The van der Waals surface area contributed by atoms with E-state index in [2.05, 4.69) is 15.0 Å². The van der Waals surface area contributed by atoms with Crippen LogP contribution in [-0.4, -0.2) is 30.0 Å². The molecular weight excluding hydrogens is 332 g/mol. The number of benzene rings is 1. The lowest BCUT2D eigenvalue weighted by molar-refractivity contribution is -0.141. The smallest absolute Gasteiger partial charge is 0.307 e. The maximum absolute atomic E-state index is 11.9. The molecule has 7 heteroatoms. The standard InChI is InChI=1S/C17H19ClN2O4/c1-11(9-17(22)23-2)20-15(21)7-8-16-19-10-14(24-16)12-5-3-4-6-13(12)18/h3-6,10-11H,7-9H2,1-2H3,(H,20,21). The molecule has 0 aliphatic heterocycles. The van der Waals surface area contributed by atoms with E-state index in [1.807, 2.05) is 18.2 Å². The predicted octanol–water partition coefficient (Wildman–Crippen LogP) is 3.00. The highest BCUT2D eigenvalue weighted by atomic mass is 35.5. The summed E-state index contributed by atoms with van der Waals surface area (Å²) >= 11 is 6.12. The molecule has 0 fully saturated rings. The van der Waals surface area contributed by atoms with E-state index < -0.39 is 0 Å². The van der Waals surface area contributed by atoms with Crippen molar-refractivity contribution < 1.29 is 18.7 Å². The summed E-state index contributed by atoms with van der Waals surface area (Å²) in [4.78, 5) is 27.2. The number of aromatic nitrogens is 1. The fourth-order valence-electron chi connectivity index (χ4n) is 2.16. The van der Waals surface area contributed by atoms with Gasteiger partial charge in [0.05, 0.1) is 24.8 Å². The molecule has 24 heavy (non-hydrogen) atoms. The molecule has 0 saturated carbocycles. The van der Waals surface area contributed by atoms with E-state index in [4.69, 9.17) is 16.0 Å². The molecule has 2 rings (SSSR count). The quantitative estimate of drug-likeness (QED) is 0.776. The molecule has 1 unspecified atom stereocenters. The van der Waals surface area contributed by atoms with Gasteiger partial charge in [-0.25, -0.2) is 4.98 Å². The van der Waals surface area contributed by atoms with E-state index in [0.29, 0.717) is 23.1 Å². The highest BCUT2D eigenvalue weighted by Crippen LogP contribution is 2.28. The fourth-order valence-corrected chi connectivity index (χ4v) is 2.39. The van der Waals surface area contributed by atoms with Crippen LogP contribution in [0.4, 0.5) is 0 Å². The lowest BCUT2D eigenvalue weighted by atomic mass is 10.2. The summed E-state index contributed by atoms with van der Waals surface area (Å²) in [5.41, 5.74) is 0.758. The van der Waals surface area contributed by atoms with Gasteiger partial charge >= 0.3 is 5.97 Å². The number of nitrogens with one attached hydrogen (secondary N) is 1. The van der Waals surface area contributed by atoms with Gasteiger partial charge in [0.15, 0.2) is 11.7 Å². The molecule has 2 aromatic rings. The first kappa shape index (κ1) is 18.0. The summed E-state index contributed by atoms with van der Waals surface area (Å²) in [6.45, 7) is 1.75. The Balaban J connectivity index is 1.86. The van der Waals surface area contributed by atoms with E-state index in [1.165, 1.54) is 7.11 Å². The van der Waals surface area contributed by atoms with Gasteiger partial charge in [0.2, 0.25) is 5.91 Å². The molecule has 0 aliphatic carbocycles. The maximum Gasteiger partial charge on any atom is 0.307 e. The Morgan fingerprint density at radius 1 is 1.38 bits per heavy atom. The number of esters is 1. The molecular formula is C17H19ClN2O4. The van der Waals surface area contributed by atoms with E-state index >= 15 is 0 Å². The van der Waals surface area contributed by atoms with Gasteiger partial charge in [-0.15, -0.1) is 0 Å². The first-order chi connectivity index (χ1) is 11.5. The highest BCUT2D eigenvalue weighted by molar-refractivity contribution is 6.33. The topological polar surface area (TPSA) is 81.4 Å². The van der Waals surface area contributed by atoms with Gasteiger partial charge in [0.1, 0.15) is 0 Å². The van der Waals surface area contributed by atoms with Crippen LogP contribution >= 0.6 is 11.6 Å². The molecule has 1 amide bonds. The molecule has 1 aromatic carbocycles. The summed E-state index contributed by atoms with van der Waals surface area (Å²) in [7, 11) is 1.32. The van der Waals surface area contributed by atoms with E-state index in [-0.39, 0.29) is 30.8 Å². The number of hydrogen-bond acceptors (Lipinski definition) is 5. The van der Waals surface area contributed by atoms with Crippen molar-refractivity contribution in [3.63, 3.8) is 0 Å². The number of hydrogen-bond donors (Lipinski definition) is 1. The zero-order valence-corrected chi connectivity index (χ0v) is 14.3. The predicted molar refractivity (Wildman–Crippen MR) is 89.5 cm³/mol. The molecule has 1 aromatic heterocycles. The Morgan fingerprint density at radius 2 is 2.12 bits per heavy atom. The second-order valence-corrected chi connectivity index (χ2v) is 5.75. The van der Waals surface area contributed by atoms with Gasteiger partial charge in [-0.1, -0.05) is 23.7 Å². The van der Waals surface area contributed by atoms with Crippen molar-refractivity contribution >= 4 is 23.5 Å². The Bertz CT molecular complexity index is 714. The summed E-state index contributed by atoms with van der Waals surface area (Å²) in [5.74, 6) is 0.486. The Hall–Kier alpha value is -2.34. The van der Waals surface area contributed by atoms with Gasteiger partial charge in [-0.3, -0.25) is 9.59 Å². The van der Waals surface area contributed by atoms with Crippen LogP contribution in [0.25, 0.3) is 11.3 Å². The van der Waals surface area contributed by atoms with E-state index in [0.717, 1.165) is 5.56 Å². The minimum absolute atomic E-state index is 0.137. The van der Waals surface area contributed by atoms with Crippen molar-refractivity contribution in [2.45, 2.75) is 32.2 Å². The number of aryl methyl sites for hydroxylation is 1. The number of carbonyl (C=O) groups excluding carboxylic acids is 2. The molecule has 128 valence electrons. The largest absolute Gasteiger partial charge is 0.469 e. The lowest BCUT2D eigenvalue weighted by Gasteiger charge is -2.11. The van der Waals surface area contributed by atoms with Crippen molar-refractivity contribution in [2.24, 2.45) is 0 Å². The maximum atomic E-state index is 11.9. The normalized spacial score (nSPS) is 11.8. The third-order valence-electron chi connectivity index (χ3n) is 3.37. The van der Waals surface area contributed by atoms with Crippen LogP contribution in [0.2, 0.25) is 5.02 Å². The van der Waals surface area contributed by atoms with Gasteiger partial charge in [0, 0.05) is 24.4 Å². The third-order valence-corrected chi connectivity index (χ3v) is 3.70. The number of rotatable bonds is 7. The average Bonchev–Trinajstić information content (AvgIpc) is 3.01. The summed E-state index contributed by atoms with van der Waals surface area (Å²) in [6.07, 6.45) is 2.31. The van der Waals surface area contributed by atoms with Crippen molar-refractivity contribution in [3.8, 4) is 11.3 Å². The van der Waals surface area contributed by atoms with Crippen LogP contribution < -0.4 is 5.32 Å². The number of ether oxygens (including phenoxy) is 1. The Kier molecular flexibility index (Phi) is 6.37. The number of oxazole rings is 1. The van der Waals surface area contributed by atoms with Crippen molar-refractivity contribution in [1.29, 1.82) is 0 Å². The molecule has 1 N–H and O–H groups in total. The Morgan fingerprint density at radius 3 is 2.83 bits per heavy atom. The Labute approximate surface area is 145 Å². The second kappa shape index (κ2) is 8.49. The molecule has 0 spiro atoms. The summed E-state index contributed by atoms with van der Waals surface area (Å²) in [5, 5.41) is 3.31. The molecule has 0 bridgehead atoms. The second-order valence-electron chi connectivity index (χ2n) is 5.35.